The minimum Gasteiger partial charge on any atom is -0.353 e. The molecule has 22 heavy (non-hydrogen) atoms. The van der Waals surface area contributed by atoms with Crippen molar-refractivity contribution in [2.45, 2.75) is 12.5 Å². The minimum atomic E-state index is -0.477. The molecule has 3 rings (SSSR count). The Balaban J connectivity index is 1.69. The van der Waals surface area contributed by atoms with E-state index in [4.69, 9.17) is 11.6 Å². The summed E-state index contributed by atoms with van der Waals surface area (Å²) in [5.74, 6) is -0.729. The molecule has 0 aromatic heterocycles. The summed E-state index contributed by atoms with van der Waals surface area (Å²) in [6.45, 7) is 3.01. The maximum absolute atomic E-state index is 13.8. The van der Waals surface area contributed by atoms with Crippen molar-refractivity contribution in [2.75, 3.05) is 32.7 Å². The van der Waals surface area contributed by atoms with Gasteiger partial charge in [0.15, 0.2) is 0 Å². The fourth-order valence-corrected chi connectivity index (χ4v) is 3.20. The predicted molar refractivity (Wildman–Crippen MR) is 80.1 cm³/mol. The van der Waals surface area contributed by atoms with Crippen molar-refractivity contribution < 1.29 is 14.0 Å². The number of nitrogens with zero attached hydrogens (tertiary/aromatic N) is 2. The molecule has 1 aromatic rings. The summed E-state index contributed by atoms with van der Waals surface area (Å²) in [5.41, 5.74) is 0.213. The summed E-state index contributed by atoms with van der Waals surface area (Å²) < 4.78 is 13.8. The van der Waals surface area contributed by atoms with Crippen molar-refractivity contribution in [1.29, 1.82) is 0 Å². The summed E-state index contributed by atoms with van der Waals surface area (Å²) in [4.78, 5) is 28.0. The molecule has 2 amide bonds. The number of hydrogen-bond donors (Lipinski definition) is 1. The Morgan fingerprint density at radius 3 is 2.95 bits per heavy atom. The number of halogens is 2. The van der Waals surface area contributed by atoms with Crippen molar-refractivity contribution in [3.05, 3.63) is 34.6 Å². The van der Waals surface area contributed by atoms with Crippen LogP contribution >= 0.6 is 11.6 Å². The highest BCUT2D eigenvalue weighted by molar-refractivity contribution is 6.31. The van der Waals surface area contributed by atoms with Gasteiger partial charge < -0.3 is 10.2 Å². The molecule has 0 spiro atoms. The zero-order valence-corrected chi connectivity index (χ0v) is 12.8. The van der Waals surface area contributed by atoms with Crippen LogP contribution in [0.15, 0.2) is 18.2 Å². The Labute approximate surface area is 133 Å². The molecular formula is C15H17ClFN3O2. The number of amides is 2. The molecule has 0 unspecified atom stereocenters. The highest BCUT2D eigenvalue weighted by Gasteiger charge is 2.36. The normalized spacial score (nSPS) is 22.2. The number of carbonyl (C=O) groups excluding carboxylic acids is 2. The van der Waals surface area contributed by atoms with Gasteiger partial charge in [-0.05, 0) is 12.1 Å². The van der Waals surface area contributed by atoms with Gasteiger partial charge in [0.05, 0.1) is 6.42 Å². The quantitative estimate of drug-likeness (QED) is 0.869. The fraction of sp³-hybridized carbons (Fsp3) is 0.467. The van der Waals surface area contributed by atoms with E-state index in [1.807, 2.05) is 0 Å². The first-order valence-electron chi connectivity index (χ1n) is 7.28. The molecule has 1 atom stereocenters. The van der Waals surface area contributed by atoms with E-state index in [2.05, 4.69) is 10.2 Å². The van der Waals surface area contributed by atoms with Gasteiger partial charge in [-0.15, -0.1) is 0 Å². The van der Waals surface area contributed by atoms with Crippen LogP contribution in [-0.4, -0.2) is 60.4 Å². The first-order valence-corrected chi connectivity index (χ1v) is 7.66. The monoisotopic (exact) mass is 325 g/mol. The first-order chi connectivity index (χ1) is 10.6. The Hall–Kier alpha value is -1.66. The molecule has 0 bridgehead atoms. The number of piperazine rings is 2. The second-order valence-electron chi connectivity index (χ2n) is 5.56. The third-order valence-corrected chi connectivity index (χ3v) is 4.59. The van der Waals surface area contributed by atoms with Gasteiger partial charge in [-0.25, -0.2) is 4.39 Å². The van der Waals surface area contributed by atoms with E-state index in [9.17, 15) is 14.0 Å². The maximum atomic E-state index is 13.8. The van der Waals surface area contributed by atoms with Gasteiger partial charge in [-0.3, -0.25) is 14.5 Å². The van der Waals surface area contributed by atoms with Gasteiger partial charge in [0.25, 0.3) is 0 Å². The predicted octanol–water partition coefficient (Wildman–Crippen LogP) is 0.664. The number of carbonyl (C=O) groups is 2. The topological polar surface area (TPSA) is 52.7 Å². The molecule has 0 radical (unpaired) electrons. The van der Waals surface area contributed by atoms with Crippen molar-refractivity contribution in [3.63, 3.8) is 0 Å². The molecule has 1 N–H and O–H groups in total. The Morgan fingerprint density at radius 1 is 1.36 bits per heavy atom. The molecule has 2 aliphatic rings. The fourth-order valence-electron chi connectivity index (χ4n) is 2.97. The van der Waals surface area contributed by atoms with Crippen LogP contribution in [-0.2, 0) is 16.0 Å². The number of rotatable bonds is 2. The molecule has 0 aliphatic carbocycles. The smallest absolute Gasteiger partial charge is 0.239 e. The van der Waals surface area contributed by atoms with Crippen LogP contribution in [0.5, 0.6) is 0 Å². The van der Waals surface area contributed by atoms with Crippen LogP contribution < -0.4 is 5.32 Å². The number of fused-ring (bicyclic) bond motifs is 1. The molecule has 2 saturated heterocycles. The maximum Gasteiger partial charge on any atom is 0.239 e. The summed E-state index contributed by atoms with van der Waals surface area (Å²) in [6, 6.07) is 4.07. The summed E-state index contributed by atoms with van der Waals surface area (Å²) >= 11 is 5.96. The zero-order chi connectivity index (χ0) is 15.7. The second-order valence-corrected chi connectivity index (χ2v) is 5.97. The lowest BCUT2D eigenvalue weighted by Gasteiger charge is -2.43. The van der Waals surface area contributed by atoms with Crippen molar-refractivity contribution in [3.8, 4) is 0 Å². The van der Waals surface area contributed by atoms with Crippen molar-refractivity contribution in [2.24, 2.45) is 0 Å². The lowest BCUT2D eigenvalue weighted by molar-refractivity contribution is -0.139. The van der Waals surface area contributed by atoms with E-state index < -0.39 is 5.82 Å². The zero-order valence-electron chi connectivity index (χ0n) is 12.0. The Kier molecular flexibility index (Phi) is 4.31. The molecule has 5 nitrogen and oxygen atoms in total. The van der Waals surface area contributed by atoms with E-state index in [-0.39, 0.29) is 34.9 Å². The molecular weight excluding hydrogens is 309 g/mol. The van der Waals surface area contributed by atoms with Crippen LogP contribution in [0.4, 0.5) is 4.39 Å². The van der Waals surface area contributed by atoms with Crippen LogP contribution in [0.25, 0.3) is 0 Å². The van der Waals surface area contributed by atoms with E-state index in [0.29, 0.717) is 26.2 Å². The second kappa shape index (κ2) is 6.22. The highest BCUT2D eigenvalue weighted by Crippen LogP contribution is 2.21. The number of hydrogen-bond acceptors (Lipinski definition) is 3. The average molecular weight is 326 g/mol. The van der Waals surface area contributed by atoms with Gasteiger partial charge in [-0.1, -0.05) is 17.7 Å². The molecule has 7 heteroatoms. The highest BCUT2D eigenvalue weighted by atomic mass is 35.5. The lowest BCUT2D eigenvalue weighted by Crippen LogP contribution is -2.64. The Bertz CT molecular complexity index is 590. The van der Waals surface area contributed by atoms with Gasteiger partial charge >= 0.3 is 0 Å². The molecule has 1 aromatic carbocycles. The summed E-state index contributed by atoms with van der Waals surface area (Å²) in [7, 11) is 0. The van der Waals surface area contributed by atoms with E-state index in [1.54, 1.807) is 11.0 Å². The SMILES string of the molecule is O=C1NCCN2CCN(C(=O)Cc3c(F)cccc3Cl)C[C@@H]12. The van der Waals surface area contributed by atoms with E-state index in [0.717, 1.165) is 6.54 Å². The van der Waals surface area contributed by atoms with Crippen LogP contribution in [0.2, 0.25) is 5.02 Å². The first kappa shape index (κ1) is 15.2. The van der Waals surface area contributed by atoms with Gasteiger partial charge in [0, 0.05) is 43.3 Å². The largest absolute Gasteiger partial charge is 0.353 e. The number of benzene rings is 1. The van der Waals surface area contributed by atoms with Crippen LogP contribution in [0, 0.1) is 5.82 Å². The summed E-state index contributed by atoms with van der Waals surface area (Å²) in [5, 5.41) is 3.06. The van der Waals surface area contributed by atoms with E-state index in [1.165, 1.54) is 12.1 Å². The van der Waals surface area contributed by atoms with Gasteiger partial charge in [0.2, 0.25) is 11.8 Å². The molecule has 2 aliphatic heterocycles. The van der Waals surface area contributed by atoms with Gasteiger partial charge in [0.1, 0.15) is 11.9 Å². The minimum absolute atomic E-state index is 0.0484. The van der Waals surface area contributed by atoms with Crippen molar-refractivity contribution >= 4 is 23.4 Å². The average Bonchev–Trinajstić information content (AvgIpc) is 2.51. The molecule has 0 saturated carbocycles. The molecule has 2 heterocycles. The third-order valence-electron chi connectivity index (χ3n) is 4.23. The molecule has 118 valence electrons. The number of nitrogens with one attached hydrogen (secondary N) is 1. The summed E-state index contributed by atoms with van der Waals surface area (Å²) in [6.07, 6.45) is -0.0835. The lowest BCUT2D eigenvalue weighted by atomic mass is 10.1. The van der Waals surface area contributed by atoms with Crippen LogP contribution in [0.3, 0.4) is 0 Å². The van der Waals surface area contributed by atoms with Crippen molar-refractivity contribution in [1.82, 2.24) is 15.1 Å². The Morgan fingerprint density at radius 2 is 2.18 bits per heavy atom. The van der Waals surface area contributed by atoms with E-state index >= 15 is 0 Å². The van der Waals surface area contributed by atoms with Gasteiger partial charge in [-0.2, -0.15) is 0 Å². The van der Waals surface area contributed by atoms with Crippen LogP contribution in [0.1, 0.15) is 5.56 Å². The third kappa shape index (κ3) is 2.94. The standard InChI is InChI=1S/C15H17ClFN3O2/c16-11-2-1-3-12(17)10(11)8-14(21)20-7-6-19-5-4-18-15(22)13(19)9-20/h1-3,13H,4-9H2,(H,18,22)/t13-/m0/s1. The molecule has 2 fully saturated rings.